The first-order valence-corrected chi connectivity index (χ1v) is 9.83. The number of aliphatic hydroxyl groups is 1. The van der Waals surface area contributed by atoms with Crippen molar-refractivity contribution < 1.29 is 19.4 Å². The predicted octanol–water partition coefficient (Wildman–Crippen LogP) is 3.99. The maximum atomic E-state index is 12.7. The van der Waals surface area contributed by atoms with E-state index in [9.17, 15) is 14.7 Å². The molecule has 1 aromatic heterocycles. The number of hydrogen-bond donors (Lipinski definition) is 3. The molecule has 3 aromatic rings. The van der Waals surface area contributed by atoms with Gasteiger partial charge in [0.1, 0.15) is 11.3 Å². The topological polar surface area (TPSA) is 101 Å². The molecule has 31 heavy (non-hydrogen) atoms. The van der Waals surface area contributed by atoms with Crippen LogP contribution in [0.15, 0.2) is 66.9 Å². The Bertz CT molecular complexity index is 1070. The van der Waals surface area contributed by atoms with Crippen LogP contribution in [0.3, 0.4) is 0 Å². The van der Waals surface area contributed by atoms with Crippen molar-refractivity contribution in [2.75, 3.05) is 5.32 Å². The third-order valence-electron chi connectivity index (χ3n) is 4.50. The van der Waals surface area contributed by atoms with Crippen molar-refractivity contribution in [1.82, 2.24) is 10.3 Å². The highest BCUT2D eigenvalue weighted by Gasteiger charge is 2.16. The zero-order valence-electron chi connectivity index (χ0n) is 17.7. The predicted molar refractivity (Wildman–Crippen MR) is 118 cm³/mol. The number of ether oxygens (including phenoxy) is 1. The average molecular weight is 419 g/mol. The molecule has 0 fully saturated rings. The van der Waals surface area contributed by atoms with Crippen LogP contribution in [-0.4, -0.2) is 21.9 Å². The van der Waals surface area contributed by atoms with Gasteiger partial charge in [-0.2, -0.15) is 0 Å². The minimum Gasteiger partial charge on any atom is -0.438 e. The number of aromatic nitrogens is 1. The van der Waals surface area contributed by atoms with Crippen LogP contribution in [0.1, 0.15) is 42.3 Å². The van der Waals surface area contributed by atoms with E-state index in [0.717, 1.165) is 11.1 Å². The van der Waals surface area contributed by atoms with Gasteiger partial charge in [-0.25, -0.2) is 4.98 Å². The summed E-state index contributed by atoms with van der Waals surface area (Å²) in [6.07, 6.45) is 1.54. The Hall–Kier alpha value is -3.71. The van der Waals surface area contributed by atoms with Crippen LogP contribution < -0.4 is 15.4 Å². The van der Waals surface area contributed by atoms with Crippen molar-refractivity contribution in [2.45, 2.75) is 32.9 Å². The summed E-state index contributed by atoms with van der Waals surface area (Å²) in [4.78, 5) is 28.2. The van der Waals surface area contributed by atoms with Gasteiger partial charge in [-0.05, 0) is 49.2 Å². The molecule has 0 unspecified atom stereocenters. The van der Waals surface area contributed by atoms with E-state index in [4.69, 9.17) is 4.74 Å². The molecular formula is C24H25N3O4. The van der Waals surface area contributed by atoms with Gasteiger partial charge in [0.2, 0.25) is 11.8 Å². The lowest BCUT2D eigenvalue weighted by Gasteiger charge is -2.18. The number of rotatable bonds is 7. The number of hydrogen-bond acceptors (Lipinski definition) is 5. The van der Waals surface area contributed by atoms with E-state index < -0.39 is 5.60 Å². The van der Waals surface area contributed by atoms with Gasteiger partial charge >= 0.3 is 0 Å². The van der Waals surface area contributed by atoms with Gasteiger partial charge in [0.05, 0.1) is 5.60 Å². The van der Waals surface area contributed by atoms with E-state index in [0.29, 0.717) is 23.5 Å². The SMILES string of the molecule is CC(=O)Nc1cccc(Oc2ncccc2C(=O)NCc2ccc(C(C)(C)O)cc2)c1. The first kappa shape index (κ1) is 22.0. The molecule has 1 heterocycles. The molecule has 7 heteroatoms. The highest BCUT2D eigenvalue weighted by molar-refractivity contribution is 5.96. The molecule has 7 nitrogen and oxygen atoms in total. The first-order valence-electron chi connectivity index (χ1n) is 9.83. The fourth-order valence-electron chi connectivity index (χ4n) is 2.91. The minimum absolute atomic E-state index is 0.164. The molecule has 3 rings (SSSR count). The molecule has 0 radical (unpaired) electrons. The van der Waals surface area contributed by atoms with Crippen molar-refractivity contribution in [3.05, 3.63) is 83.6 Å². The Morgan fingerprint density at radius 3 is 2.48 bits per heavy atom. The number of pyridine rings is 1. The van der Waals surface area contributed by atoms with E-state index in [2.05, 4.69) is 15.6 Å². The Kier molecular flexibility index (Phi) is 6.67. The average Bonchev–Trinajstić information content (AvgIpc) is 2.72. The number of carbonyl (C=O) groups excluding carboxylic acids is 2. The molecule has 160 valence electrons. The molecule has 0 saturated carbocycles. The Balaban J connectivity index is 1.70. The number of nitrogens with one attached hydrogen (secondary N) is 2. The zero-order valence-corrected chi connectivity index (χ0v) is 17.7. The van der Waals surface area contributed by atoms with E-state index >= 15 is 0 Å². The highest BCUT2D eigenvalue weighted by atomic mass is 16.5. The normalized spacial score (nSPS) is 11.0. The summed E-state index contributed by atoms with van der Waals surface area (Å²) in [5.41, 5.74) is 1.66. The minimum atomic E-state index is -0.916. The molecule has 0 aliphatic carbocycles. The molecular weight excluding hydrogens is 394 g/mol. The summed E-state index contributed by atoms with van der Waals surface area (Å²) in [6, 6.07) is 17.5. The van der Waals surface area contributed by atoms with Crippen molar-refractivity contribution >= 4 is 17.5 Å². The number of nitrogens with zero attached hydrogens (tertiary/aromatic N) is 1. The number of benzene rings is 2. The largest absolute Gasteiger partial charge is 0.438 e. The van der Waals surface area contributed by atoms with E-state index in [1.807, 2.05) is 24.3 Å². The molecule has 0 spiro atoms. The van der Waals surface area contributed by atoms with E-state index in [1.165, 1.54) is 6.92 Å². The molecule has 0 atom stereocenters. The van der Waals surface area contributed by atoms with Gasteiger partial charge in [0, 0.05) is 31.4 Å². The lowest BCUT2D eigenvalue weighted by molar-refractivity contribution is -0.114. The van der Waals surface area contributed by atoms with Crippen molar-refractivity contribution in [2.24, 2.45) is 0 Å². The summed E-state index contributed by atoms with van der Waals surface area (Å²) in [7, 11) is 0. The van der Waals surface area contributed by atoms with Crippen LogP contribution in [-0.2, 0) is 16.9 Å². The monoisotopic (exact) mass is 419 g/mol. The molecule has 0 saturated heterocycles. The van der Waals surface area contributed by atoms with Crippen molar-refractivity contribution in [3.63, 3.8) is 0 Å². The zero-order chi connectivity index (χ0) is 22.4. The van der Waals surface area contributed by atoms with Crippen LogP contribution in [0, 0.1) is 0 Å². The summed E-state index contributed by atoms with van der Waals surface area (Å²) < 4.78 is 5.81. The van der Waals surface area contributed by atoms with Gasteiger partial charge < -0.3 is 20.5 Å². The lowest BCUT2D eigenvalue weighted by Crippen LogP contribution is -2.23. The molecule has 0 aliphatic rings. The third kappa shape index (κ3) is 6.13. The molecule has 2 amide bonds. The Labute approximate surface area is 181 Å². The maximum absolute atomic E-state index is 12.7. The summed E-state index contributed by atoms with van der Waals surface area (Å²) in [5, 5.41) is 15.6. The molecule has 3 N–H and O–H groups in total. The van der Waals surface area contributed by atoms with Gasteiger partial charge in [-0.1, -0.05) is 30.3 Å². The van der Waals surface area contributed by atoms with Gasteiger partial charge in [-0.3, -0.25) is 9.59 Å². The molecule has 0 aliphatic heterocycles. The van der Waals surface area contributed by atoms with Crippen molar-refractivity contribution in [3.8, 4) is 11.6 Å². The Morgan fingerprint density at radius 2 is 1.81 bits per heavy atom. The second-order valence-corrected chi connectivity index (χ2v) is 7.61. The van der Waals surface area contributed by atoms with Crippen LogP contribution in [0.4, 0.5) is 5.69 Å². The van der Waals surface area contributed by atoms with Gasteiger partial charge in [0.15, 0.2) is 0 Å². The third-order valence-corrected chi connectivity index (χ3v) is 4.50. The lowest BCUT2D eigenvalue weighted by atomic mass is 9.97. The fourth-order valence-corrected chi connectivity index (χ4v) is 2.91. The molecule has 0 bridgehead atoms. The first-order chi connectivity index (χ1) is 14.7. The van der Waals surface area contributed by atoms with Crippen molar-refractivity contribution in [1.29, 1.82) is 0 Å². The van der Waals surface area contributed by atoms with E-state index in [1.54, 1.807) is 56.4 Å². The molecule has 2 aromatic carbocycles. The smallest absolute Gasteiger partial charge is 0.257 e. The standard InChI is InChI=1S/C24H25N3O4/c1-16(28)27-19-6-4-7-20(14-19)31-23-21(8-5-13-25-23)22(29)26-15-17-9-11-18(12-10-17)24(2,3)30/h4-14,30H,15H2,1-3H3,(H,26,29)(H,27,28). The number of carbonyl (C=O) groups is 2. The highest BCUT2D eigenvalue weighted by Crippen LogP contribution is 2.25. The van der Waals surface area contributed by atoms with Gasteiger partial charge in [0.25, 0.3) is 5.91 Å². The van der Waals surface area contributed by atoms with Crippen LogP contribution in [0.2, 0.25) is 0 Å². The number of anilines is 1. The Morgan fingerprint density at radius 1 is 1.06 bits per heavy atom. The quantitative estimate of drug-likeness (QED) is 0.538. The van der Waals surface area contributed by atoms with Crippen LogP contribution >= 0.6 is 0 Å². The maximum Gasteiger partial charge on any atom is 0.257 e. The summed E-state index contributed by atoms with van der Waals surface area (Å²) in [6.45, 7) is 5.18. The van der Waals surface area contributed by atoms with Crippen LogP contribution in [0.5, 0.6) is 11.6 Å². The number of amides is 2. The van der Waals surface area contributed by atoms with Gasteiger partial charge in [-0.15, -0.1) is 0 Å². The second-order valence-electron chi connectivity index (χ2n) is 7.61. The second kappa shape index (κ2) is 9.40. The summed E-state index contributed by atoms with van der Waals surface area (Å²) >= 11 is 0. The van der Waals surface area contributed by atoms with Crippen LogP contribution in [0.25, 0.3) is 0 Å². The van der Waals surface area contributed by atoms with E-state index in [-0.39, 0.29) is 17.7 Å². The summed E-state index contributed by atoms with van der Waals surface area (Å²) in [5.74, 6) is 0.0943. The fraction of sp³-hybridized carbons (Fsp3) is 0.208.